The Balaban J connectivity index is 0.00000364. The topological polar surface area (TPSA) is 65.7 Å². The lowest BCUT2D eigenvalue weighted by Gasteiger charge is -2.30. The van der Waals surface area contributed by atoms with Crippen molar-refractivity contribution < 1.29 is 4.42 Å². The maximum absolute atomic E-state index is 5.56. The second-order valence-electron chi connectivity index (χ2n) is 6.79. The number of hydrogen-bond acceptors (Lipinski definition) is 4. The molecule has 2 N–H and O–H groups in total. The summed E-state index contributed by atoms with van der Waals surface area (Å²) in [6.07, 6.45) is 1.68. The average Bonchev–Trinajstić information content (AvgIpc) is 3.10. The van der Waals surface area contributed by atoms with Gasteiger partial charge in [0.05, 0.1) is 12.2 Å². The second kappa shape index (κ2) is 12.0. The number of halogens is 1. The highest BCUT2D eigenvalue weighted by Crippen LogP contribution is 2.17. The van der Waals surface area contributed by atoms with E-state index < -0.39 is 0 Å². The fourth-order valence-corrected chi connectivity index (χ4v) is 2.91. The summed E-state index contributed by atoms with van der Waals surface area (Å²) in [5.74, 6) is 1.40. The highest BCUT2D eigenvalue weighted by molar-refractivity contribution is 14.0. The first kappa shape index (κ1) is 23.4. The number of guanidine groups is 1. The number of nitrogens with one attached hydrogen (secondary N) is 2. The van der Waals surface area contributed by atoms with E-state index in [0.717, 1.165) is 30.3 Å². The quantitative estimate of drug-likeness (QED) is 0.339. The molecule has 1 heterocycles. The van der Waals surface area contributed by atoms with Crippen molar-refractivity contribution in [2.45, 2.75) is 46.3 Å². The fourth-order valence-electron chi connectivity index (χ4n) is 2.91. The van der Waals surface area contributed by atoms with Crippen molar-refractivity contribution in [2.24, 2.45) is 4.99 Å². The number of rotatable bonds is 8. The van der Waals surface area contributed by atoms with Crippen molar-refractivity contribution in [1.29, 1.82) is 0 Å². The second-order valence-corrected chi connectivity index (χ2v) is 6.79. The lowest BCUT2D eigenvalue weighted by atomic mass is 10.2. The summed E-state index contributed by atoms with van der Waals surface area (Å²) in [5.41, 5.74) is 1.82. The van der Waals surface area contributed by atoms with Crippen LogP contribution in [0.5, 0.6) is 0 Å². The van der Waals surface area contributed by atoms with E-state index in [9.17, 15) is 0 Å². The van der Waals surface area contributed by atoms with E-state index in [1.165, 1.54) is 0 Å². The first-order chi connectivity index (χ1) is 12.5. The number of hydrogen-bond donors (Lipinski definition) is 2. The molecule has 0 fully saturated rings. The minimum Gasteiger partial charge on any atom is -0.444 e. The number of benzene rings is 1. The van der Waals surface area contributed by atoms with E-state index in [4.69, 9.17) is 4.42 Å². The molecule has 2 rings (SSSR count). The molecule has 0 spiro atoms. The smallest absolute Gasteiger partial charge is 0.226 e. The molecule has 7 heteroatoms. The minimum atomic E-state index is 0. The fraction of sp³-hybridized carbons (Fsp3) is 0.500. The monoisotopic (exact) mass is 485 g/mol. The lowest BCUT2D eigenvalue weighted by molar-refractivity contribution is 0.178. The zero-order valence-corrected chi connectivity index (χ0v) is 19.2. The van der Waals surface area contributed by atoms with Gasteiger partial charge in [0.1, 0.15) is 6.26 Å². The predicted octanol–water partition coefficient (Wildman–Crippen LogP) is 3.74. The molecule has 0 atom stereocenters. The van der Waals surface area contributed by atoms with Crippen LogP contribution in [0.2, 0.25) is 0 Å². The maximum Gasteiger partial charge on any atom is 0.226 e. The molecule has 150 valence electrons. The first-order valence-corrected chi connectivity index (χ1v) is 9.21. The van der Waals surface area contributed by atoms with Crippen LogP contribution in [-0.4, -0.2) is 48.1 Å². The Morgan fingerprint density at radius 3 is 2.37 bits per heavy atom. The summed E-state index contributed by atoms with van der Waals surface area (Å²) in [6, 6.07) is 10.9. The normalized spacial score (nSPS) is 11.8. The van der Waals surface area contributed by atoms with E-state index in [2.05, 4.69) is 53.2 Å². The molecule has 0 radical (unpaired) electrons. The molecular weight excluding hydrogens is 453 g/mol. The average molecular weight is 485 g/mol. The molecule has 0 saturated carbocycles. The van der Waals surface area contributed by atoms with Crippen molar-refractivity contribution in [3.8, 4) is 11.5 Å². The molecule has 27 heavy (non-hydrogen) atoms. The molecule has 0 saturated heterocycles. The number of oxazole rings is 1. The van der Waals surface area contributed by atoms with E-state index >= 15 is 0 Å². The van der Waals surface area contributed by atoms with Crippen LogP contribution in [0.1, 0.15) is 33.4 Å². The van der Waals surface area contributed by atoms with Gasteiger partial charge in [-0.2, -0.15) is 0 Å². The molecule has 0 unspecified atom stereocenters. The first-order valence-electron chi connectivity index (χ1n) is 9.21. The predicted molar refractivity (Wildman–Crippen MR) is 123 cm³/mol. The SMILES string of the molecule is CN=C(NCCN(C(C)C)C(C)C)NCc1coc(-c2ccccc2)n1.I. The van der Waals surface area contributed by atoms with Gasteiger partial charge >= 0.3 is 0 Å². The van der Waals surface area contributed by atoms with Crippen LogP contribution in [-0.2, 0) is 6.54 Å². The van der Waals surface area contributed by atoms with Gasteiger partial charge in [-0.15, -0.1) is 24.0 Å². The van der Waals surface area contributed by atoms with Gasteiger partial charge in [0.25, 0.3) is 0 Å². The van der Waals surface area contributed by atoms with Crippen molar-refractivity contribution >= 4 is 29.9 Å². The Morgan fingerprint density at radius 1 is 1.11 bits per heavy atom. The third kappa shape index (κ3) is 7.50. The van der Waals surface area contributed by atoms with Gasteiger partial charge < -0.3 is 15.1 Å². The van der Waals surface area contributed by atoms with Gasteiger partial charge in [-0.25, -0.2) is 4.98 Å². The molecule has 0 aliphatic heterocycles. The number of aliphatic imine (C=N–C) groups is 1. The van der Waals surface area contributed by atoms with Crippen molar-refractivity contribution in [3.63, 3.8) is 0 Å². The van der Waals surface area contributed by atoms with Crippen molar-refractivity contribution in [3.05, 3.63) is 42.3 Å². The number of aromatic nitrogens is 1. The van der Waals surface area contributed by atoms with Gasteiger partial charge in [-0.1, -0.05) is 18.2 Å². The van der Waals surface area contributed by atoms with E-state index in [1.54, 1.807) is 13.3 Å². The molecule has 1 aromatic carbocycles. The molecular formula is C20H32IN5O. The molecule has 1 aromatic heterocycles. The Hall–Kier alpha value is -1.61. The molecule has 0 amide bonds. The largest absolute Gasteiger partial charge is 0.444 e. The van der Waals surface area contributed by atoms with Crippen LogP contribution in [0.3, 0.4) is 0 Å². The van der Waals surface area contributed by atoms with Crippen LogP contribution in [0.4, 0.5) is 0 Å². The summed E-state index contributed by atoms with van der Waals surface area (Å²) >= 11 is 0. The van der Waals surface area contributed by atoms with Crippen molar-refractivity contribution in [1.82, 2.24) is 20.5 Å². The number of nitrogens with zero attached hydrogens (tertiary/aromatic N) is 3. The molecule has 6 nitrogen and oxygen atoms in total. The Morgan fingerprint density at radius 2 is 1.78 bits per heavy atom. The molecule has 0 aliphatic rings. The van der Waals surface area contributed by atoms with E-state index in [1.807, 2.05) is 30.3 Å². The minimum absolute atomic E-state index is 0. The van der Waals surface area contributed by atoms with Gasteiger partial charge in [0.2, 0.25) is 5.89 Å². The van der Waals surface area contributed by atoms with Crippen molar-refractivity contribution in [2.75, 3.05) is 20.1 Å². The van der Waals surface area contributed by atoms with Gasteiger partial charge in [-0.3, -0.25) is 9.89 Å². The van der Waals surface area contributed by atoms with Crippen LogP contribution < -0.4 is 10.6 Å². The molecule has 2 aromatic rings. The van der Waals surface area contributed by atoms with Crippen LogP contribution in [0.25, 0.3) is 11.5 Å². The van der Waals surface area contributed by atoms with E-state index in [0.29, 0.717) is 24.5 Å². The zero-order chi connectivity index (χ0) is 18.9. The molecule has 0 bridgehead atoms. The summed E-state index contributed by atoms with van der Waals surface area (Å²) < 4.78 is 5.56. The molecule has 0 aliphatic carbocycles. The van der Waals surface area contributed by atoms with Crippen LogP contribution in [0, 0.1) is 0 Å². The Bertz CT molecular complexity index is 677. The van der Waals surface area contributed by atoms with Crippen LogP contribution >= 0.6 is 24.0 Å². The van der Waals surface area contributed by atoms with E-state index in [-0.39, 0.29) is 24.0 Å². The third-order valence-corrected chi connectivity index (χ3v) is 4.22. The third-order valence-electron chi connectivity index (χ3n) is 4.22. The maximum atomic E-state index is 5.56. The van der Waals surface area contributed by atoms with Gasteiger partial charge in [-0.05, 0) is 39.8 Å². The highest BCUT2D eigenvalue weighted by atomic mass is 127. The lowest BCUT2D eigenvalue weighted by Crippen LogP contribution is -2.45. The summed E-state index contributed by atoms with van der Waals surface area (Å²) in [6.45, 7) is 11.3. The van der Waals surface area contributed by atoms with Gasteiger partial charge in [0.15, 0.2) is 5.96 Å². The standard InChI is InChI=1S/C20H31N5O.HI/c1-15(2)25(16(3)4)12-11-22-20(21-5)23-13-18-14-26-19(24-18)17-9-7-6-8-10-17;/h6-10,14-16H,11-13H2,1-5H3,(H2,21,22,23);1H. The zero-order valence-electron chi connectivity index (χ0n) is 16.9. The summed E-state index contributed by atoms with van der Waals surface area (Å²) in [5, 5.41) is 6.64. The summed E-state index contributed by atoms with van der Waals surface area (Å²) in [4.78, 5) is 11.2. The Kier molecular flexibility index (Phi) is 10.4. The van der Waals surface area contributed by atoms with Crippen LogP contribution in [0.15, 0.2) is 46.0 Å². The Labute approximate surface area is 179 Å². The van der Waals surface area contributed by atoms with Gasteiger partial charge in [0, 0.05) is 37.8 Å². The summed E-state index contributed by atoms with van der Waals surface area (Å²) in [7, 11) is 1.77. The highest BCUT2D eigenvalue weighted by Gasteiger charge is 2.13.